The van der Waals surface area contributed by atoms with Gasteiger partial charge in [-0.05, 0) is 86.9 Å². The summed E-state index contributed by atoms with van der Waals surface area (Å²) in [6.45, 7) is 4.62. The minimum absolute atomic E-state index is 0.00230. The van der Waals surface area contributed by atoms with Gasteiger partial charge in [-0.15, -0.1) is 0 Å². The van der Waals surface area contributed by atoms with E-state index in [2.05, 4.69) is 6.92 Å². The van der Waals surface area contributed by atoms with Gasteiger partial charge in [-0.1, -0.05) is 6.92 Å². The number of ketones is 1. The van der Waals surface area contributed by atoms with Crippen molar-refractivity contribution in [1.29, 1.82) is 0 Å². The van der Waals surface area contributed by atoms with E-state index in [9.17, 15) is 14.7 Å². The van der Waals surface area contributed by atoms with Crippen LogP contribution in [0.5, 0.6) is 0 Å². The number of epoxide rings is 1. The zero-order valence-corrected chi connectivity index (χ0v) is 18.2. The Bertz CT molecular complexity index is 854. The summed E-state index contributed by atoms with van der Waals surface area (Å²) in [4.78, 5) is 24.3. The van der Waals surface area contributed by atoms with Crippen LogP contribution in [0.25, 0.3) is 0 Å². The van der Waals surface area contributed by atoms with Gasteiger partial charge in [0.15, 0.2) is 0 Å². The molecule has 5 nitrogen and oxygen atoms in total. The molecule has 164 valence electrons. The van der Waals surface area contributed by atoms with E-state index in [1.807, 2.05) is 6.92 Å². The molecule has 11 atom stereocenters. The Morgan fingerprint density at radius 2 is 2.00 bits per heavy atom. The van der Waals surface area contributed by atoms with E-state index in [4.69, 9.17) is 9.47 Å². The minimum atomic E-state index is -0.772. The summed E-state index contributed by atoms with van der Waals surface area (Å²) in [6.07, 6.45) is 7.72. The highest BCUT2D eigenvalue weighted by Gasteiger charge is 2.91. The van der Waals surface area contributed by atoms with Crippen LogP contribution in [0.3, 0.4) is 0 Å². The van der Waals surface area contributed by atoms with Gasteiger partial charge in [0.25, 0.3) is 0 Å². The number of carbonyl (C=O) groups excluding carboxylic acids is 2. The maximum atomic E-state index is 12.3. The molecule has 1 heterocycles. The average molecular weight is 415 g/mol. The first-order valence-corrected chi connectivity index (χ1v) is 12.4. The summed E-state index contributed by atoms with van der Waals surface area (Å²) in [6, 6.07) is 0. The van der Waals surface area contributed by atoms with E-state index >= 15 is 0 Å². The smallest absolute Gasteiger partial charge is 0.305 e. The molecule has 30 heavy (non-hydrogen) atoms. The molecule has 7 rings (SSSR count). The van der Waals surface area contributed by atoms with E-state index in [0.29, 0.717) is 61.4 Å². The summed E-state index contributed by atoms with van der Waals surface area (Å²) < 4.78 is 11.9. The lowest BCUT2D eigenvalue weighted by atomic mass is 9.44. The van der Waals surface area contributed by atoms with Gasteiger partial charge in [-0.3, -0.25) is 9.59 Å². The Morgan fingerprint density at radius 3 is 2.80 bits per heavy atom. The molecular formula is C25H34O5. The number of rotatable bonds is 4. The average Bonchev–Trinajstić information content (AvgIpc) is 3.59. The highest BCUT2D eigenvalue weighted by molar-refractivity contribution is 5.81. The van der Waals surface area contributed by atoms with Crippen LogP contribution >= 0.6 is 0 Å². The molecule has 0 radical (unpaired) electrons. The van der Waals surface area contributed by atoms with Gasteiger partial charge in [0, 0.05) is 24.7 Å². The van der Waals surface area contributed by atoms with Crippen LogP contribution in [0.4, 0.5) is 0 Å². The lowest BCUT2D eigenvalue weighted by molar-refractivity contribution is -0.206. The van der Waals surface area contributed by atoms with Crippen LogP contribution < -0.4 is 0 Å². The molecule has 0 aromatic heterocycles. The van der Waals surface area contributed by atoms with Crippen molar-refractivity contribution in [1.82, 2.24) is 0 Å². The van der Waals surface area contributed by atoms with Gasteiger partial charge in [0.1, 0.15) is 17.0 Å². The molecule has 0 aromatic carbocycles. The second-order valence-electron chi connectivity index (χ2n) is 12.0. The van der Waals surface area contributed by atoms with Gasteiger partial charge in [-0.2, -0.15) is 0 Å². The molecule has 1 spiro atoms. The number of hydrogen-bond acceptors (Lipinski definition) is 5. The summed E-state index contributed by atoms with van der Waals surface area (Å²) >= 11 is 0. The molecule has 1 aliphatic heterocycles. The predicted molar refractivity (Wildman–Crippen MR) is 107 cm³/mol. The normalized spacial score (nSPS) is 60.9. The van der Waals surface area contributed by atoms with E-state index in [1.54, 1.807) is 0 Å². The lowest BCUT2D eigenvalue weighted by Gasteiger charge is -2.61. The SMILES string of the molecule is CCOC(=O)CC[C@@]12O[C@@]13CCC1C(C3[C@@H]3C[C@@H]32)[C@H]2C[C@H]2[C@]2(O)CC(=O)CC[C@]12C. The zero-order chi connectivity index (χ0) is 20.7. The highest BCUT2D eigenvalue weighted by Crippen LogP contribution is 2.86. The number of esters is 1. The van der Waals surface area contributed by atoms with Crippen LogP contribution in [0.1, 0.15) is 71.6 Å². The predicted octanol–water partition coefficient (Wildman–Crippen LogP) is 3.27. The van der Waals surface area contributed by atoms with Crippen LogP contribution in [-0.4, -0.2) is 40.3 Å². The molecule has 1 N–H and O–H groups in total. The Kier molecular flexibility index (Phi) is 3.31. The first kappa shape index (κ1) is 18.6. The molecule has 1 saturated heterocycles. The summed E-state index contributed by atoms with van der Waals surface area (Å²) in [7, 11) is 0. The minimum Gasteiger partial charge on any atom is -0.466 e. The maximum Gasteiger partial charge on any atom is 0.305 e. The first-order valence-electron chi connectivity index (χ1n) is 12.4. The number of fused-ring (bicyclic) bond motifs is 10. The van der Waals surface area contributed by atoms with Crippen molar-refractivity contribution in [2.45, 2.75) is 88.4 Å². The largest absolute Gasteiger partial charge is 0.466 e. The molecule has 0 amide bonds. The summed E-state index contributed by atoms with van der Waals surface area (Å²) in [5.41, 5.74) is -0.967. The standard InChI is InChI=1S/C25H34O5/c1-3-29-19(27)6-9-24-18-11-15(18)21-20-14-10-17(14)23(28)12-13(26)4-7-22(23,2)16(20)5-8-25(21,24)30-24/h14-18,20-21,28H,3-12H2,1-2H3/t14-,15+,16?,17+,18-,20?,21?,22+,23+,24-,25+/m0/s1. The lowest BCUT2D eigenvalue weighted by Crippen LogP contribution is -2.64. The van der Waals surface area contributed by atoms with Crippen molar-refractivity contribution in [3.8, 4) is 0 Å². The quantitative estimate of drug-likeness (QED) is 0.564. The molecule has 6 saturated carbocycles. The zero-order valence-electron chi connectivity index (χ0n) is 18.2. The summed E-state index contributed by atoms with van der Waals surface area (Å²) in [5, 5.41) is 11.8. The number of carbonyl (C=O) groups is 2. The van der Waals surface area contributed by atoms with Crippen molar-refractivity contribution < 1.29 is 24.2 Å². The third-order valence-electron chi connectivity index (χ3n) is 11.3. The third-order valence-corrected chi connectivity index (χ3v) is 11.3. The van der Waals surface area contributed by atoms with Gasteiger partial charge < -0.3 is 14.6 Å². The van der Waals surface area contributed by atoms with Crippen molar-refractivity contribution in [3.63, 3.8) is 0 Å². The van der Waals surface area contributed by atoms with Gasteiger partial charge >= 0.3 is 5.97 Å². The molecule has 0 bridgehead atoms. The Hall–Kier alpha value is -0.940. The number of ether oxygens (including phenoxy) is 2. The second kappa shape index (κ2) is 5.33. The second-order valence-corrected chi connectivity index (χ2v) is 12.0. The molecule has 0 aromatic rings. The summed E-state index contributed by atoms with van der Waals surface area (Å²) in [5.74, 6) is 4.22. The third kappa shape index (κ3) is 1.87. The fraction of sp³-hybridized carbons (Fsp3) is 0.920. The first-order chi connectivity index (χ1) is 14.3. The molecule has 7 aliphatic rings. The number of aliphatic hydroxyl groups is 1. The van der Waals surface area contributed by atoms with Crippen LogP contribution in [0.2, 0.25) is 0 Å². The van der Waals surface area contributed by atoms with E-state index in [1.165, 1.54) is 6.42 Å². The Morgan fingerprint density at radius 1 is 1.20 bits per heavy atom. The van der Waals surface area contributed by atoms with Crippen molar-refractivity contribution in [2.75, 3.05) is 6.61 Å². The fourth-order valence-corrected chi connectivity index (χ4v) is 10.1. The van der Waals surface area contributed by atoms with Crippen molar-refractivity contribution >= 4 is 11.8 Å². The van der Waals surface area contributed by atoms with Crippen LogP contribution in [-0.2, 0) is 19.1 Å². The van der Waals surface area contributed by atoms with Gasteiger partial charge in [0.2, 0.25) is 0 Å². The number of Topliss-reactive ketones (excluding diaryl/α,β-unsaturated/α-hetero) is 1. The molecule has 6 aliphatic carbocycles. The molecular weight excluding hydrogens is 380 g/mol. The topological polar surface area (TPSA) is 76.1 Å². The molecule has 7 fully saturated rings. The Labute approximate surface area is 178 Å². The number of hydrogen-bond donors (Lipinski definition) is 1. The van der Waals surface area contributed by atoms with Crippen LogP contribution in [0, 0.1) is 46.8 Å². The monoisotopic (exact) mass is 414 g/mol. The molecule has 3 unspecified atom stereocenters. The van der Waals surface area contributed by atoms with Crippen molar-refractivity contribution in [2.24, 2.45) is 46.8 Å². The highest BCUT2D eigenvalue weighted by atomic mass is 16.6. The maximum absolute atomic E-state index is 12.3. The van der Waals surface area contributed by atoms with Crippen LogP contribution in [0.15, 0.2) is 0 Å². The van der Waals surface area contributed by atoms with Gasteiger partial charge in [-0.25, -0.2) is 0 Å². The Balaban J connectivity index is 1.20. The fourth-order valence-electron chi connectivity index (χ4n) is 10.1. The van der Waals surface area contributed by atoms with E-state index < -0.39 is 5.60 Å². The van der Waals surface area contributed by atoms with Crippen molar-refractivity contribution in [3.05, 3.63) is 0 Å². The molecule has 5 heteroatoms. The van der Waals surface area contributed by atoms with Gasteiger partial charge in [0.05, 0.1) is 12.2 Å². The van der Waals surface area contributed by atoms with E-state index in [0.717, 1.165) is 38.0 Å². The van der Waals surface area contributed by atoms with E-state index in [-0.39, 0.29) is 28.4 Å².